The molecule has 1 aromatic heterocycles. The molecule has 0 aliphatic heterocycles. The van der Waals surface area contributed by atoms with Gasteiger partial charge in [-0.3, -0.25) is 0 Å². The van der Waals surface area contributed by atoms with E-state index in [2.05, 4.69) is 16.9 Å². The predicted octanol–water partition coefficient (Wildman–Crippen LogP) is 3.55. The van der Waals surface area contributed by atoms with Gasteiger partial charge in [0.25, 0.3) is 0 Å². The first-order valence-electron chi connectivity index (χ1n) is 6.60. The predicted molar refractivity (Wildman–Crippen MR) is 81.0 cm³/mol. The molecule has 4 nitrogen and oxygen atoms in total. The van der Waals surface area contributed by atoms with Gasteiger partial charge in [-0.2, -0.15) is 4.98 Å². The van der Waals surface area contributed by atoms with E-state index in [-0.39, 0.29) is 0 Å². The summed E-state index contributed by atoms with van der Waals surface area (Å²) in [6.07, 6.45) is 1.76. The molecule has 106 valence electrons. The van der Waals surface area contributed by atoms with Gasteiger partial charge < -0.3 is 10.5 Å². The zero-order chi connectivity index (χ0) is 14.5. The summed E-state index contributed by atoms with van der Waals surface area (Å²) in [5.41, 5.74) is 7.70. The van der Waals surface area contributed by atoms with Crippen molar-refractivity contribution >= 4 is 17.4 Å². The molecule has 0 saturated heterocycles. The minimum absolute atomic E-state index is 0.431. The van der Waals surface area contributed by atoms with Gasteiger partial charge in [-0.25, -0.2) is 4.98 Å². The van der Waals surface area contributed by atoms with Crippen LogP contribution in [0, 0.1) is 6.92 Å². The highest BCUT2D eigenvalue weighted by molar-refractivity contribution is 6.30. The standard InChI is InChI=1S/C15H18ClN3O/c1-3-4-13-18-14(17)10(2)15(19-13)20-9-11-5-7-12(16)8-6-11/h5-8H,3-4,9H2,1-2H3,(H2,17,18,19). The minimum Gasteiger partial charge on any atom is -0.472 e. The molecular formula is C15H18ClN3O. The van der Waals surface area contributed by atoms with Crippen LogP contribution in [0.15, 0.2) is 24.3 Å². The molecule has 5 heteroatoms. The molecule has 0 atom stereocenters. The van der Waals surface area contributed by atoms with Crippen molar-refractivity contribution in [1.82, 2.24) is 9.97 Å². The Balaban J connectivity index is 2.13. The Morgan fingerprint density at radius 2 is 1.90 bits per heavy atom. The molecule has 0 saturated carbocycles. The fourth-order valence-electron chi connectivity index (χ4n) is 1.77. The third-order valence-electron chi connectivity index (χ3n) is 2.95. The van der Waals surface area contributed by atoms with E-state index in [1.54, 1.807) is 0 Å². The van der Waals surface area contributed by atoms with E-state index in [1.165, 1.54) is 0 Å². The third kappa shape index (κ3) is 3.61. The zero-order valence-electron chi connectivity index (χ0n) is 11.7. The van der Waals surface area contributed by atoms with E-state index in [0.717, 1.165) is 29.8 Å². The average molecular weight is 292 g/mol. The molecular weight excluding hydrogens is 274 g/mol. The largest absolute Gasteiger partial charge is 0.472 e. The number of halogens is 1. The summed E-state index contributed by atoms with van der Waals surface area (Å²) < 4.78 is 5.76. The van der Waals surface area contributed by atoms with Gasteiger partial charge in [0.05, 0.1) is 5.56 Å². The molecule has 20 heavy (non-hydrogen) atoms. The number of nitrogen functional groups attached to an aromatic ring is 1. The molecule has 2 rings (SSSR count). The summed E-state index contributed by atoms with van der Waals surface area (Å²) in [5, 5.41) is 0.710. The Morgan fingerprint density at radius 3 is 2.55 bits per heavy atom. The minimum atomic E-state index is 0.431. The van der Waals surface area contributed by atoms with Gasteiger partial charge in [0.2, 0.25) is 5.88 Å². The van der Waals surface area contributed by atoms with Crippen molar-refractivity contribution in [2.75, 3.05) is 5.73 Å². The maximum absolute atomic E-state index is 5.89. The van der Waals surface area contributed by atoms with E-state index in [4.69, 9.17) is 22.1 Å². The van der Waals surface area contributed by atoms with E-state index in [1.807, 2.05) is 31.2 Å². The van der Waals surface area contributed by atoms with E-state index in [0.29, 0.717) is 23.3 Å². The lowest BCUT2D eigenvalue weighted by Gasteiger charge is -2.11. The van der Waals surface area contributed by atoms with Crippen LogP contribution in [0.1, 0.15) is 30.3 Å². The van der Waals surface area contributed by atoms with Crippen LogP contribution in [0.25, 0.3) is 0 Å². The highest BCUT2D eigenvalue weighted by atomic mass is 35.5. The van der Waals surface area contributed by atoms with Gasteiger partial charge in [-0.1, -0.05) is 30.7 Å². The molecule has 2 N–H and O–H groups in total. The number of hydrogen-bond donors (Lipinski definition) is 1. The summed E-state index contributed by atoms with van der Waals surface area (Å²) in [7, 11) is 0. The average Bonchev–Trinajstić information content (AvgIpc) is 2.43. The first kappa shape index (κ1) is 14.6. The number of rotatable bonds is 5. The fourth-order valence-corrected chi connectivity index (χ4v) is 1.89. The number of ether oxygens (including phenoxy) is 1. The number of hydrogen-bond acceptors (Lipinski definition) is 4. The van der Waals surface area contributed by atoms with Crippen LogP contribution in [0.4, 0.5) is 5.82 Å². The molecule has 0 fully saturated rings. The highest BCUT2D eigenvalue weighted by Gasteiger charge is 2.09. The van der Waals surface area contributed by atoms with Crippen molar-refractivity contribution in [3.63, 3.8) is 0 Å². The van der Waals surface area contributed by atoms with Crippen LogP contribution in [-0.4, -0.2) is 9.97 Å². The summed E-state index contributed by atoms with van der Waals surface area (Å²) in [5.74, 6) is 1.76. The van der Waals surface area contributed by atoms with Crippen LogP contribution in [0.3, 0.4) is 0 Å². The number of benzene rings is 1. The van der Waals surface area contributed by atoms with Crippen molar-refractivity contribution in [1.29, 1.82) is 0 Å². The highest BCUT2D eigenvalue weighted by Crippen LogP contribution is 2.21. The Hall–Kier alpha value is -1.81. The molecule has 1 heterocycles. The number of nitrogens with zero attached hydrogens (tertiary/aromatic N) is 2. The first-order valence-corrected chi connectivity index (χ1v) is 6.98. The van der Waals surface area contributed by atoms with Gasteiger partial charge in [0.1, 0.15) is 18.2 Å². The Bertz CT molecular complexity index is 584. The lowest BCUT2D eigenvalue weighted by atomic mass is 10.2. The quantitative estimate of drug-likeness (QED) is 0.915. The van der Waals surface area contributed by atoms with Crippen molar-refractivity contribution in [2.45, 2.75) is 33.3 Å². The molecule has 0 radical (unpaired) electrons. The number of anilines is 1. The van der Waals surface area contributed by atoms with Crippen LogP contribution < -0.4 is 10.5 Å². The van der Waals surface area contributed by atoms with Gasteiger partial charge in [-0.05, 0) is 31.0 Å². The van der Waals surface area contributed by atoms with Crippen LogP contribution in [0.2, 0.25) is 5.02 Å². The monoisotopic (exact) mass is 291 g/mol. The van der Waals surface area contributed by atoms with Gasteiger partial charge >= 0.3 is 0 Å². The van der Waals surface area contributed by atoms with Crippen molar-refractivity contribution in [3.05, 3.63) is 46.2 Å². The normalized spacial score (nSPS) is 10.6. The lowest BCUT2D eigenvalue weighted by Crippen LogP contribution is -2.07. The Morgan fingerprint density at radius 1 is 1.20 bits per heavy atom. The van der Waals surface area contributed by atoms with Crippen molar-refractivity contribution in [2.24, 2.45) is 0 Å². The SMILES string of the molecule is CCCc1nc(N)c(C)c(OCc2ccc(Cl)cc2)n1. The van der Waals surface area contributed by atoms with Crippen LogP contribution >= 0.6 is 11.6 Å². The molecule has 0 unspecified atom stereocenters. The van der Waals surface area contributed by atoms with Gasteiger partial charge in [0, 0.05) is 11.4 Å². The smallest absolute Gasteiger partial charge is 0.222 e. The Labute approximate surface area is 124 Å². The van der Waals surface area contributed by atoms with E-state index < -0.39 is 0 Å². The molecule has 1 aromatic carbocycles. The molecule has 0 spiro atoms. The second kappa shape index (κ2) is 6.57. The second-order valence-electron chi connectivity index (χ2n) is 4.62. The molecule has 0 aliphatic carbocycles. The van der Waals surface area contributed by atoms with Crippen molar-refractivity contribution in [3.8, 4) is 5.88 Å². The maximum Gasteiger partial charge on any atom is 0.222 e. The van der Waals surface area contributed by atoms with Gasteiger partial charge in [0.15, 0.2) is 0 Å². The number of nitrogens with two attached hydrogens (primary N) is 1. The lowest BCUT2D eigenvalue weighted by molar-refractivity contribution is 0.290. The zero-order valence-corrected chi connectivity index (χ0v) is 12.4. The molecule has 0 amide bonds. The Kier molecular flexibility index (Phi) is 4.79. The summed E-state index contributed by atoms with van der Waals surface area (Å²) in [6, 6.07) is 7.53. The molecule has 0 bridgehead atoms. The topological polar surface area (TPSA) is 61.0 Å². The van der Waals surface area contributed by atoms with E-state index >= 15 is 0 Å². The fraction of sp³-hybridized carbons (Fsp3) is 0.333. The van der Waals surface area contributed by atoms with Crippen LogP contribution in [-0.2, 0) is 13.0 Å². The molecule has 0 aliphatic rings. The first-order chi connectivity index (χ1) is 9.60. The summed E-state index contributed by atoms with van der Waals surface area (Å²) in [6.45, 7) is 4.37. The third-order valence-corrected chi connectivity index (χ3v) is 3.20. The summed E-state index contributed by atoms with van der Waals surface area (Å²) >= 11 is 5.85. The van der Waals surface area contributed by atoms with Crippen molar-refractivity contribution < 1.29 is 4.74 Å². The molecule has 2 aromatic rings. The van der Waals surface area contributed by atoms with E-state index in [9.17, 15) is 0 Å². The van der Waals surface area contributed by atoms with Crippen LogP contribution in [0.5, 0.6) is 5.88 Å². The van der Waals surface area contributed by atoms with Gasteiger partial charge in [-0.15, -0.1) is 0 Å². The maximum atomic E-state index is 5.89. The summed E-state index contributed by atoms with van der Waals surface area (Å²) in [4.78, 5) is 8.68. The number of aryl methyl sites for hydroxylation is 1. The number of aromatic nitrogens is 2. The second-order valence-corrected chi connectivity index (χ2v) is 5.06.